The number of hydrogen-bond donors (Lipinski definition) is 3. The highest BCUT2D eigenvalue weighted by Crippen LogP contribution is 2.33. The molecule has 236 valence electrons. The van der Waals surface area contributed by atoms with Crippen molar-refractivity contribution in [3.63, 3.8) is 0 Å². The fourth-order valence-corrected chi connectivity index (χ4v) is 6.80. The molecule has 0 atom stereocenters. The lowest BCUT2D eigenvalue weighted by atomic mass is 9.83. The standard InChI is InChI=1S/C32H57N3O6/c1-30(2,24-11-17-33-18-12-24)39-27(36)9-7-23(29(38)41-32(5,6)26-15-21-35-22-16-26)8-10-28(37)40-31(3,4)25-13-19-34-20-14-25/h23-26,33-35H,7-22H2,1-6H3. The summed E-state index contributed by atoms with van der Waals surface area (Å²) < 4.78 is 18.0. The summed E-state index contributed by atoms with van der Waals surface area (Å²) >= 11 is 0. The van der Waals surface area contributed by atoms with E-state index in [4.69, 9.17) is 14.2 Å². The van der Waals surface area contributed by atoms with Crippen molar-refractivity contribution in [3.8, 4) is 0 Å². The minimum atomic E-state index is -0.619. The normalized spacial score (nSPS) is 20.6. The van der Waals surface area contributed by atoms with Gasteiger partial charge < -0.3 is 30.2 Å². The van der Waals surface area contributed by atoms with Gasteiger partial charge >= 0.3 is 17.9 Å². The maximum absolute atomic E-state index is 13.5. The lowest BCUT2D eigenvalue weighted by Gasteiger charge is -2.38. The Bertz CT molecular complexity index is 807. The van der Waals surface area contributed by atoms with Crippen LogP contribution in [0, 0.1) is 23.7 Å². The molecule has 41 heavy (non-hydrogen) atoms. The molecule has 0 aromatic rings. The summed E-state index contributed by atoms with van der Waals surface area (Å²) in [5, 5.41) is 10.1. The van der Waals surface area contributed by atoms with Crippen LogP contribution in [0.5, 0.6) is 0 Å². The Morgan fingerprint density at radius 2 is 0.854 bits per heavy atom. The molecule has 0 bridgehead atoms. The third-order valence-corrected chi connectivity index (χ3v) is 9.81. The number of carbonyl (C=O) groups is 3. The molecule has 0 saturated carbocycles. The van der Waals surface area contributed by atoms with Crippen LogP contribution < -0.4 is 16.0 Å². The smallest absolute Gasteiger partial charge is 0.309 e. The predicted octanol–water partition coefficient (Wildman–Crippen LogP) is 4.13. The van der Waals surface area contributed by atoms with E-state index in [-0.39, 0.29) is 49.5 Å². The lowest BCUT2D eigenvalue weighted by molar-refractivity contribution is -0.170. The minimum Gasteiger partial charge on any atom is -0.459 e. The lowest BCUT2D eigenvalue weighted by Crippen LogP contribution is -2.44. The zero-order chi connectivity index (χ0) is 30.1. The molecular weight excluding hydrogens is 522 g/mol. The fourth-order valence-electron chi connectivity index (χ4n) is 6.80. The molecule has 3 N–H and O–H groups in total. The second-order valence-corrected chi connectivity index (χ2v) is 14.0. The molecule has 3 aliphatic heterocycles. The van der Waals surface area contributed by atoms with Gasteiger partial charge in [0.25, 0.3) is 0 Å². The molecule has 0 unspecified atom stereocenters. The molecule has 0 radical (unpaired) electrons. The van der Waals surface area contributed by atoms with E-state index in [1.54, 1.807) is 0 Å². The van der Waals surface area contributed by atoms with E-state index in [1.807, 2.05) is 41.5 Å². The second kappa shape index (κ2) is 15.1. The quantitative estimate of drug-likeness (QED) is 0.219. The maximum atomic E-state index is 13.5. The SMILES string of the molecule is CC(C)(OC(=O)CCC(CCC(=O)OC(C)(C)C1CCNCC1)C(=O)OC(C)(C)C1CCNCC1)C1CCNCC1. The van der Waals surface area contributed by atoms with Gasteiger partial charge in [-0.3, -0.25) is 14.4 Å². The fraction of sp³-hybridized carbons (Fsp3) is 0.906. The zero-order valence-corrected chi connectivity index (χ0v) is 26.6. The van der Waals surface area contributed by atoms with Gasteiger partial charge in [0.2, 0.25) is 0 Å². The largest absolute Gasteiger partial charge is 0.459 e. The highest BCUT2D eigenvalue weighted by molar-refractivity contribution is 5.76. The van der Waals surface area contributed by atoms with E-state index in [1.165, 1.54) is 0 Å². The Hall–Kier alpha value is -1.71. The van der Waals surface area contributed by atoms with Gasteiger partial charge in [-0.1, -0.05) is 0 Å². The van der Waals surface area contributed by atoms with Crippen molar-refractivity contribution < 1.29 is 28.6 Å². The molecular formula is C32H57N3O6. The van der Waals surface area contributed by atoms with Crippen LogP contribution in [0.1, 0.15) is 106 Å². The summed E-state index contributed by atoms with van der Waals surface area (Å²) in [6, 6.07) is 0. The van der Waals surface area contributed by atoms with Crippen molar-refractivity contribution >= 4 is 17.9 Å². The number of carbonyl (C=O) groups excluding carboxylic acids is 3. The van der Waals surface area contributed by atoms with Crippen LogP contribution in [0.2, 0.25) is 0 Å². The average molecular weight is 580 g/mol. The third-order valence-electron chi connectivity index (χ3n) is 9.81. The molecule has 0 aromatic heterocycles. The second-order valence-electron chi connectivity index (χ2n) is 14.0. The van der Waals surface area contributed by atoms with E-state index in [9.17, 15) is 14.4 Å². The molecule has 3 rings (SSSR count). The maximum Gasteiger partial charge on any atom is 0.309 e. The highest BCUT2D eigenvalue weighted by atomic mass is 16.6. The van der Waals surface area contributed by atoms with Crippen molar-refractivity contribution in [2.75, 3.05) is 39.3 Å². The summed E-state index contributed by atoms with van der Waals surface area (Å²) in [6.45, 7) is 17.4. The summed E-state index contributed by atoms with van der Waals surface area (Å²) in [6.07, 6.45) is 6.55. The third kappa shape index (κ3) is 10.5. The summed E-state index contributed by atoms with van der Waals surface area (Å²) in [5.74, 6) is -0.670. The number of nitrogens with one attached hydrogen (secondary N) is 3. The molecule has 3 fully saturated rings. The van der Waals surface area contributed by atoms with Crippen molar-refractivity contribution in [2.45, 2.75) is 123 Å². The highest BCUT2D eigenvalue weighted by Gasteiger charge is 2.38. The minimum absolute atomic E-state index is 0.109. The number of rotatable bonds is 13. The molecule has 0 amide bonds. The number of esters is 3. The summed E-state index contributed by atoms with van der Waals surface area (Å²) in [7, 11) is 0. The Labute approximate surface area is 248 Å². The van der Waals surface area contributed by atoms with Gasteiger partial charge in [-0.15, -0.1) is 0 Å². The molecule has 0 aromatic carbocycles. The predicted molar refractivity (Wildman–Crippen MR) is 159 cm³/mol. The first kappa shape index (κ1) is 33.8. The van der Waals surface area contributed by atoms with Gasteiger partial charge in [-0.05, 0) is 132 Å². The van der Waals surface area contributed by atoms with Gasteiger partial charge in [0, 0.05) is 30.6 Å². The number of ether oxygens (including phenoxy) is 3. The van der Waals surface area contributed by atoms with E-state index in [2.05, 4.69) is 16.0 Å². The van der Waals surface area contributed by atoms with Gasteiger partial charge in [0.1, 0.15) is 16.8 Å². The van der Waals surface area contributed by atoms with E-state index >= 15 is 0 Å². The van der Waals surface area contributed by atoms with Gasteiger partial charge in [0.15, 0.2) is 0 Å². The molecule has 0 aliphatic carbocycles. The topological polar surface area (TPSA) is 115 Å². The first-order valence-electron chi connectivity index (χ1n) is 16.1. The van der Waals surface area contributed by atoms with Crippen molar-refractivity contribution in [3.05, 3.63) is 0 Å². The summed E-state index contributed by atoms with van der Waals surface area (Å²) in [5.41, 5.74) is -1.74. The monoisotopic (exact) mass is 579 g/mol. The van der Waals surface area contributed by atoms with E-state index < -0.39 is 22.7 Å². The van der Waals surface area contributed by atoms with Crippen LogP contribution in [-0.2, 0) is 28.6 Å². The van der Waals surface area contributed by atoms with Crippen LogP contribution >= 0.6 is 0 Å². The van der Waals surface area contributed by atoms with Crippen LogP contribution in [-0.4, -0.2) is 74.0 Å². The van der Waals surface area contributed by atoms with Crippen LogP contribution in [0.15, 0.2) is 0 Å². The van der Waals surface area contributed by atoms with Gasteiger partial charge in [-0.2, -0.15) is 0 Å². The average Bonchev–Trinajstić information content (AvgIpc) is 2.93. The first-order valence-corrected chi connectivity index (χ1v) is 16.1. The first-order chi connectivity index (χ1) is 19.3. The molecule has 3 heterocycles. The van der Waals surface area contributed by atoms with Crippen LogP contribution in [0.3, 0.4) is 0 Å². The molecule has 9 heteroatoms. The van der Waals surface area contributed by atoms with E-state index in [0.717, 1.165) is 77.8 Å². The zero-order valence-electron chi connectivity index (χ0n) is 26.6. The summed E-state index contributed by atoms with van der Waals surface area (Å²) in [4.78, 5) is 39.5. The Morgan fingerprint density at radius 3 is 1.17 bits per heavy atom. The Kier molecular flexibility index (Phi) is 12.5. The van der Waals surface area contributed by atoms with Gasteiger partial charge in [0.05, 0.1) is 5.92 Å². The van der Waals surface area contributed by atoms with E-state index in [0.29, 0.717) is 11.8 Å². The van der Waals surface area contributed by atoms with Crippen molar-refractivity contribution in [1.29, 1.82) is 0 Å². The Balaban J connectivity index is 1.60. The Morgan fingerprint density at radius 1 is 0.561 bits per heavy atom. The molecule has 9 nitrogen and oxygen atoms in total. The molecule has 3 saturated heterocycles. The molecule has 0 spiro atoms. The van der Waals surface area contributed by atoms with Crippen molar-refractivity contribution in [1.82, 2.24) is 16.0 Å². The van der Waals surface area contributed by atoms with Crippen LogP contribution in [0.25, 0.3) is 0 Å². The van der Waals surface area contributed by atoms with Gasteiger partial charge in [-0.25, -0.2) is 0 Å². The number of hydrogen-bond acceptors (Lipinski definition) is 9. The molecule has 3 aliphatic rings. The van der Waals surface area contributed by atoms with Crippen LogP contribution in [0.4, 0.5) is 0 Å². The number of piperidine rings is 3. The van der Waals surface area contributed by atoms with Crippen molar-refractivity contribution in [2.24, 2.45) is 23.7 Å².